The van der Waals surface area contributed by atoms with E-state index in [0.29, 0.717) is 0 Å². The average Bonchev–Trinajstić information content (AvgIpc) is 2.72. The van der Waals surface area contributed by atoms with Gasteiger partial charge in [0.25, 0.3) is 0 Å². The summed E-state index contributed by atoms with van der Waals surface area (Å²) < 4.78 is 0. The Hall–Kier alpha value is -2.06. The summed E-state index contributed by atoms with van der Waals surface area (Å²) in [5.74, 6) is -4.82. The molecule has 0 bridgehead atoms. The number of aromatic carboxylic acids is 2. The van der Waals surface area contributed by atoms with Crippen LogP contribution in [0.4, 0.5) is 0 Å². The molecule has 0 saturated heterocycles. The number of ketones is 2. The van der Waals surface area contributed by atoms with E-state index in [-0.39, 0.29) is 70.2 Å². The minimum atomic E-state index is -1.70. The van der Waals surface area contributed by atoms with E-state index in [0.717, 1.165) is 12.1 Å². The Morgan fingerprint density at radius 3 is 1.07 bits per heavy atom. The van der Waals surface area contributed by atoms with Gasteiger partial charge in [-0.2, -0.15) is 0 Å². The van der Waals surface area contributed by atoms with Gasteiger partial charge in [0.1, 0.15) is 0 Å². The zero-order valence-corrected chi connectivity index (χ0v) is 20.4. The number of hydrogen-bond donors (Lipinski definition) is 0. The van der Waals surface area contributed by atoms with Crippen molar-refractivity contribution in [1.82, 2.24) is 0 Å². The average molecular weight is 418 g/mol. The standard InChI is InChI=1S/C22H14O6.2Na/c23-19(13-7-3-1-4-8-13)15-11-18(22(27)28)16(12-17(15)21(25)26)20(24)14-9-5-2-6-10-14;;/h1-12H,(H,25,26)(H,27,28);;/q;2*+1/p-2. The third kappa shape index (κ3) is 5.55. The third-order valence-corrected chi connectivity index (χ3v) is 4.16. The second-order valence-corrected chi connectivity index (χ2v) is 5.91. The first kappa shape index (κ1) is 26.0. The first-order valence-corrected chi connectivity index (χ1v) is 8.20. The summed E-state index contributed by atoms with van der Waals surface area (Å²) in [6.45, 7) is 0. The van der Waals surface area contributed by atoms with Crippen molar-refractivity contribution in [3.8, 4) is 0 Å². The first-order chi connectivity index (χ1) is 13.4. The predicted octanol–water partition coefficient (Wildman–Crippen LogP) is -5.12. The predicted molar refractivity (Wildman–Crippen MR) is 94.9 cm³/mol. The van der Waals surface area contributed by atoms with E-state index in [1.54, 1.807) is 36.4 Å². The Morgan fingerprint density at radius 2 is 0.800 bits per heavy atom. The number of carboxylic acid groups (broad SMARTS) is 2. The molecular weight excluding hydrogens is 406 g/mol. The minimum absolute atomic E-state index is 0. The summed E-state index contributed by atoms with van der Waals surface area (Å²) in [7, 11) is 0. The fourth-order valence-electron chi connectivity index (χ4n) is 2.80. The van der Waals surface area contributed by atoms with Gasteiger partial charge >= 0.3 is 59.1 Å². The van der Waals surface area contributed by atoms with Gasteiger partial charge in [0.2, 0.25) is 0 Å². The van der Waals surface area contributed by atoms with Crippen LogP contribution in [-0.4, -0.2) is 23.5 Å². The zero-order chi connectivity index (χ0) is 20.3. The second-order valence-electron chi connectivity index (χ2n) is 5.91. The molecule has 0 aliphatic rings. The SMILES string of the molecule is O=C([O-])c1cc(C(=O)c2ccccc2)c(C(=O)[O-])cc1C(=O)c1ccccc1.[Na+].[Na+]. The number of benzene rings is 3. The second kappa shape index (κ2) is 11.4. The molecule has 0 aliphatic carbocycles. The van der Waals surface area contributed by atoms with E-state index in [9.17, 15) is 29.4 Å². The maximum Gasteiger partial charge on any atom is 1.00 e. The molecule has 0 fully saturated rings. The Kier molecular flexibility index (Phi) is 9.84. The third-order valence-electron chi connectivity index (χ3n) is 4.16. The van der Waals surface area contributed by atoms with E-state index in [2.05, 4.69) is 0 Å². The molecule has 0 atom stereocenters. The van der Waals surface area contributed by atoms with Gasteiger partial charge in [0.05, 0.1) is 11.9 Å². The number of carbonyl (C=O) groups is 4. The fraction of sp³-hybridized carbons (Fsp3) is 0. The molecule has 138 valence electrons. The molecule has 0 amide bonds. The van der Waals surface area contributed by atoms with Gasteiger partial charge in [0, 0.05) is 33.4 Å². The molecule has 0 N–H and O–H groups in total. The quantitative estimate of drug-likeness (QED) is 0.292. The van der Waals surface area contributed by atoms with Gasteiger partial charge in [-0.3, -0.25) is 9.59 Å². The summed E-state index contributed by atoms with van der Waals surface area (Å²) in [6, 6.07) is 17.2. The molecule has 0 saturated carbocycles. The van der Waals surface area contributed by atoms with Crippen LogP contribution in [-0.2, 0) is 0 Å². The number of hydrogen-bond acceptors (Lipinski definition) is 6. The maximum atomic E-state index is 12.7. The van der Waals surface area contributed by atoms with Crippen molar-refractivity contribution in [1.29, 1.82) is 0 Å². The van der Waals surface area contributed by atoms with E-state index < -0.39 is 45.8 Å². The van der Waals surface area contributed by atoms with Crippen LogP contribution in [0, 0.1) is 0 Å². The summed E-state index contributed by atoms with van der Waals surface area (Å²) in [4.78, 5) is 48.6. The topological polar surface area (TPSA) is 114 Å². The molecule has 0 aromatic heterocycles. The number of rotatable bonds is 6. The zero-order valence-electron chi connectivity index (χ0n) is 16.4. The molecular formula is C22H12Na2O6. The van der Waals surface area contributed by atoms with Gasteiger partial charge in [-0.05, 0) is 12.1 Å². The Bertz CT molecular complexity index is 1010. The summed E-state index contributed by atoms with van der Waals surface area (Å²) in [5.41, 5.74) is -1.60. The number of carboxylic acids is 2. The molecule has 0 heterocycles. The van der Waals surface area contributed by atoms with Crippen LogP contribution >= 0.6 is 0 Å². The molecule has 0 radical (unpaired) electrons. The van der Waals surface area contributed by atoms with E-state index >= 15 is 0 Å². The first-order valence-electron chi connectivity index (χ1n) is 8.20. The fourth-order valence-corrected chi connectivity index (χ4v) is 2.80. The van der Waals surface area contributed by atoms with Crippen molar-refractivity contribution in [3.63, 3.8) is 0 Å². The molecule has 0 spiro atoms. The number of carbonyl (C=O) groups excluding carboxylic acids is 4. The minimum Gasteiger partial charge on any atom is -0.545 e. The van der Waals surface area contributed by atoms with E-state index in [1.165, 1.54) is 24.3 Å². The van der Waals surface area contributed by atoms with Crippen molar-refractivity contribution >= 4 is 23.5 Å². The van der Waals surface area contributed by atoms with Crippen molar-refractivity contribution in [2.45, 2.75) is 0 Å². The van der Waals surface area contributed by atoms with Gasteiger partial charge in [-0.25, -0.2) is 0 Å². The largest absolute Gasteiger partial charge is 1.00 e. The van der Waals surface area contributed by atoms with Crippen molar-refractivity contribution in [3.05, 3.63) is 106 Å². The summed E-state index contributed by atoms with van der Waals surface area (Å²) >= 11 is 0. The Morgan fingerprint density at radius 1 is 0.500 bits per heavy atom. The molecule has 3 aromatic carbocycles. The summed E-state index contributed by atoms with van der Waals surface area (Å²) in [6.07, 6.45) is 0. The molecule has 0 aliphatic heterocycles. The van der Waals surface area contributed by atoms with Gasteiger partial charge in [-0.15, -0.1) is 0 Å². The molecule has 3 aromatic rings. The summed E-state index contributed by atoms with van der Waals surface area (Å²) in [5, 5.41) is 23.2. The van der Waals surface area contributed by atoms with Crippen molar-refractivity contribution in [2.24, 2.45) is 0 Å². The molecule has 3 rings (SSSR count). The van der Waals surface area contributed by atoms with Crippen molar-refractivity contribution in [2.75, 3.05) is 0 Å². The van der Waals surface area contributed by atoms with Crippen LogP contribution < -0.4 is 69.3 Å². The van der Waals surface area contributed by atoms with Crippen LogP contribution in [0.5, 0.6) is 0 Å². The van der Waals surface area contributed by atoms with Crippen molar-refractivity contribution < 1.29 is 88.5 Å². The van der Waals surface area contributed by atoms with Crippen LogP contribution in [0.3, 0.4) is 0 Å². The molecule has 8 heteroatoms. The van der Waals surface area contributed by atoms with Gasteiger partial charge in [0.15, 0.2) is 11.6 Å². The van der Waals surface area contributed by atoms with E-state index in [1.807, 2.05) is 0 Å². The molecule has 6 nitrogen and oxygen atoms in total. The van der Waals surface area contributed by atoms with Crippen LogP contribution in [0.2, 0.25) is 0 Å². The monoisotopic (exact) mass is 418 g/mol. The van der Waals surface area contributed by atoms with E-state index in [4.69, 9.17) is 0 Å². The molecule has 30 heavy (non-hydrogen) atoms. The molecule has 0 unspecified atom stereocenters. The van der Waals surface area contributed by atoms with Crippen LogP contribution in [0.1, 0.15) is 52.6 Å². The smallest absolute Gasteiger partial charge is 0.545 e. The van der Waals surface area contributed by atoms with Crippen LogP contribution in [0.25, 0.3) is 0 Å². The normalized spacial score (nSPS) is 9.60. The van der Waals surface area contributed by atoms with Gasteiger partial charge < -0.3 is 19.8 Å². The Labute approximate surface area is 216 Å². The van der Waals surface area contributed by atoms with Crippen LogP contribution in [0.15, 0.2) is 72.8 Å². The van der Waals surface area contributed by atoms with Gasteiger partial charge in [-0.1, -0.05) is 60.7 Å². The maximum absolute atomic E-state index is 12.7. The Balaban J connectivity index is 0.00000225.